The summed E-state index contributed by atoms with van der Waals surface area (Å²) in [4.78, 5) is 12.0. The molecule has 0 bridgehead atoms. The van der Waals surface area contributed by atoms with E-state index in [1.54, 1.807) is 6.20 Å². The van der Waals surface area contributed by atoms with Gasteiger partial charge in [0.05, 0.1) is 5.69 Å². The third-order valence-electron chi connectivity index (χ3n) is 4.12. The minimum absolute atomic E-state index is 0.103. The normalized spacial score (nSPS) is 11.2. The minimum atomic E-state index is 0.103. The summed E-state index contributed by atoms with van der Waals surface area (Å²) in [6, 6.07) is 1.91. The van der Waals surface area contributed by atoms with Gasteiger partial charge in [-0.1, -0.05) is 13.8 Å². The van der Waals surface area contributed by atoms with Gasteiger partial charge in [0.2, 0.25) is 5.91 Å². The molecule has 2 aromatic heterocycles. The fourth-order valence-electron chi connectivity index (χ4n) is 2.85. The lowest BCUT2D eigenvalue weighted by molar-refractivity contribution is -0.121. The summed E-state index contributed by atoms with van der Waals surface area (Å²) >= 11 is 0. The molecule has 0 spiro atoms. The highest BCUT2D eigenvalue weighted by atomic mass is 16.1. The average molecular weight is 331 g/mol. The van der Waals surface area contributed by atoms with Crippen molar-refractivity contribution >= 4 is 5.91 Å². The highest BCUT2D eigenvalue weighted by Crippen LogP contribution is 2.16. The van der Waals surface area contributed by atoms with Crippen LogP contribution >= 0.6 is 0 Å². The third kappa shape index (κ3) is 5.22. The van der Waals surface area contributed by atoms with E-state index < -0.39 is 0 Å². The molecule has 2 heterocycles. The SMILES string of the molecule is Cc1nn(CC(C)C)c(C)c1CCC(=O)NCCCn1cccn1. The van der Waals surface area contributed by atoms with Gasteiger partial charge in [-0.25, -0.2) is 0 Å². The molecule has 6 heteroatoms. The Morgan fingerprint density at radius 1 is 1.33 bits per heavy atom. The fraction of sp³-hybridized carbons (Fsp3) is 0.611. The van der Waals surface area contributed by atoms with Crippen LogP contribution in [0.2, 0.25) is 0 Å². The lowest BCUT2D eigenvalue weighted by Crippen LogP contribution is -2.25. The van der Waals surface area contributed by atoms with Crippen molar-refractivity contribution in [3.05, 3.63) is 35.4 Å². The smallest absolute Gasteiger partial charge is 0.220 e. The number of amides is 1. The van der Waals surface area contributed by atoms with E-state index in [0.717, 1.165) is 31.6 Å². The molecule has 132 valence electrons. The van der Waals surface area contributed by atoms with Crippen molar-refractivity contribution in [1.29, 1.82) is 0 Å². The maximum absolute atomic E-state index is 12.0. The van der Waals surface area contributed by atoms with E-state index in [1.165, 1.54) is 11.3 Å². The van der Waals surface area contributed by atoms with E-state index in [2.05, 4.69) is 41.0 Å². The number of carbonyl (C=O) groups is 1. The predicted molar refractivity (Wildman–Crippen MR) is 94.7 cm³/mol. The lowest BCUT2D eigenvalue weighted by Gasteiger charge is -2.08. The van der Waals surface area contributed by atoms with Gasteiger partial charge in [-0.3, -0.25) is 14.2 Å². The Bertz CT molecular complexity index is 643. The molecule has 0 radical (unpaired) electrons. The van der Waals surface area contributed by atoms with E-state index >= 15 is 0 Å². The molecular formula is C18H29N5O. The Morgan fingerprint density at radius 2 is 2.12 bits per heavy atom. The molecule has 0 fully saturated rings. The predicted octanol–water partition coefficient (Wildman–Crippen LogP) is 2.49. The Hall–Kier alpha value is -2.11. The zero-order valence-electron chi connectivity index (χ0n) is 15.2. The van der Waals surface area contributed by atoms with Gasteiger partial charge in [0.1, 0.15) is 0 Å². The quantitative estimate of drug-likeness (QED) is 0.718. The van der Waals surface area contributed by atoms with Crippen molar-refractivity contribution in [3.8, 4) is 0 Å². The van der Waals surface area contributed by atoms with Gasteiger partial charge in [0.25, 0.3) is 0 Å². The topological polar surface area (TPSA) is 64.7 Å². The van der Waals surface area contributed by atoms with Crippen LogP contribution in [0, 0.1) is 19.8 Å². The number of nitrogens with zero attached hydrogens (tertiary/aromatic N) is 4. The van der Waals surface area contributed by atoms with E-state index in [0.29, 0.717) is 18.9 Å². The number of aromatic nitrogens is 4. The van der Waals surface area contributed by atoms with E-state index in [1.807, 2.05) is 23.9 Å². The average Bonchev–Trinajstić information content (AvgIpc) is 3.11. The number of rotatable bonds is 9. The molecule has 0 aromatic carbocycles. The van der Waals surface area contributed by atoms with Gasteiger partial charge in [-0.05, 0) is 44.2 Å². The van der Waals surface area contributed by atoms with Gasteiger partial charge < -0.3 is 5.32 Å². The van der Waals surface area contributed by atoms with Crippen molar-refractivity contribution in [2.24, 2.45) is 5.92 Å². The first-order valence-electron chi connectivity index (χ1n) is 8.74. The summed E-state index contributed by atoms with van der Waals surface area (Å²) in [7, 11) is 0. The Kier molecular flexibility index (Phi) is 6.58. The van der Waals surface area contributed by atoms with E-state index in [9.17, 15) is 4.79 Å². The zero-order chi connectivity index (χ0) is 17.5. The summed E-state index contributed by atoms with van der Waals surface area (Å²) < 4.78 is 3.94. The highest BCUT2D eigenvalue weighted by Gasteiger charge is 2.13. The number of hydrogen-bond donors (Lipinski definition) is 1. The summed E-state index contributed by atoms with van der Waals surface area (Å²) in [5, 5.41) is 11.7. The molecule has 0 saturated heterocycles. The standard InChI is InChI=1S/C18H29N5O/c1-14(2)13-23-16(4)17(15(3)21-23)7-8-18(24)19-9-5-11-22-12-6-10-20-22/h6,10,12,14H,5,7-9,11,13H2,1-4H3,(H,19,24). The fourth-order valence-corrected chi connectivity index (χ4v) is 2.85. The molecule has 0 aliphatic rings. The second-order valence-electron chi connectivity index (χ2n) is 6.70. The number of carbonyl (C=O) groups excluding carboxylic acids is 1. The summed E-state index contributed by atoms with van der Waals surface area (Å²) in [6.07, 6.45) is 5.85. The molecule has 0 atom stereocenters. The van der Waals surface area contributed by atoms with Gasteiger partial charge in [-0.15, -0.1) is 0 Å². The largest absolute Gasteiger partial charge is 0.356 e. The molecule has 0 unspecified atom stereocenters. The van der Waals surface area contributed by atoms with Crippen LogP contribution in [0.3, 0.4) is 0 Å². The Balaban J connectivity index is 1.74. The first kappa shape index (κ1) is 18.2. The third-order valence-corrected chi connectivity index (χ3v) is 4.12. The molecule has 24 heavy (non-hydrogen) atoms. The zero-order valence-corrected chi connectivity index (χ0v) is 15.2. The van der Waals surface area contributed by atoms with Crippen LogP contribution in [0.25, 0.3) is 0 Å². The summed E-state index contributed by atoms with van der Waals surface area (Å²) in [5.41, 5.74) is 3.44. The first-order valence-corrected chi connectivity index (χ1v) is 8.74. The lowest BCUT2D eigenvalue weighted by atomic mass is 10.1. The van der Waals surface area contributed by atoms with E-state index in [4.69, 9.17) is 0 Å². The van der Waals surface area contributed by atoms with Gasteiger partial charge >= 0.3 is 0 Å². The van der Waals surface area contributed by atoms with Crippen LogP contribution in [0.4, 0.5) is 0 Å². The minimum Gasteiger partial charge on any atom is -0.356 e. The number of aryl methyl sites for hydroxylation is 2. The molecule has 2 aromatic rings. The molecule has 2 rings (SSSR count). The van der Waals surface area contributed by atoms with Crippen molar-refractivity contribution in [2.75, 3.05) is 6.54 Å². The number of nitrogens with one attached hydrogen (secondary N) is 1. The monoisotopic (exact) mass is 331 g/mol. The highest BCUT2D eigenvalue weighted by molar-refractivity contribution is 5.76. The summed E-state index contributed by atoms with van der Waals surface area (Å²) in [5.74, 6) is 0.666. The van der Waals surface area contributed by atoms with Crippen molar-refractivity contribution in [1.82, 2.24) is 24.9 Å². The van der Waals surface area contributed by atoms with Gasteiger partial charge in [0, 0.05) is 44.1 Å². The molecule has 0 aliphatic heterocycles. The number of hydrogen-bond acceptors (Lipinski definition) is 3. The van der Waals surface area contributed by atoms with Crippen LogP contribution < -0.4 is 5.32 Å². The van der Waals surface area contributed by atoms with Crippen LogP contribution in [-0.2, 0) is 24.3 Å². The molecular weight excluding hydrogens is 302 g/mol. The van der Waals surface area contributed by atoms with Gasteiger partial charge in [-0.2, -0.15) is 10.2 Å². The molecule has 1 amide bonds. The molecule has 1 N–H and O–H groups in total. The molecule has 0 aliphatic carbocycles. The Morgan fingerprint density at radius 3 is 2.79 bits per heavy atom. The maximum atomic E-state index is 12.0. The van der Waals surface area contributed by atoms with Crippen molar-refractivity contribution in [3.63, 3.8) is 0 Å². The van der Waals surface area contributed by atoms with Crippen molar-refractivity contribution < 1.29 is 4.79 Å². The summed E-state index contributed by atoms with van der Waals surface area (Å²) in [6.45, 7) is 10.9. The Labute approximate surface area is 144 Å². The van der Waals surface area contributed by atoms with Crippen LogP contribution in [-0.4, -0.2) is 32.0 Å². The molecule has 0 saturated carbocycles. The van der Waals surface area contributed by atoms with Crippen molar-refractivity contribution in [2.45, 2.75) is 60.0 Å². The first-order chi connectivity index (χ1) is 11.5. The van der Waals surface area contributed by atoms with E-state index in [-0.39, 0.29) is 5.91 Å². The molecule has 6 nitrogen and oxygen atoms in total. The van der Waals surface area contributed by atoms with Crippen LogP contribution in [0.15, 0.2) is 18.5 Å². The van der Waals surface area contributed by atoms with Crippen LogP contribution in [0.5, 0.6) is 0 Å². The van der Waals surface area contributed by atoms with Gasteiger partial charge in [0.15, 0.2) is 0 Å². The second kappa shape index (κ2) is 8.66. The second-order valence-corrected chi connectivity index (χ2v) is 6.70. The maximum Gasteiger partial charge on any atom is 0.220 e. The van der Waals surface area contributed by atoms with Crippen LogP contribution in [0.1, 0.15) is 43.6 Å².